The smallest absolute Gasteiger partial charge is 0.267 e. The Balaban J connectivity index is 1.90. The Morgan fingerprint density at radius 1 is 1.07 bits per heavy atom. The van der Waals surface area contributed by atoms with Gasteiger partial charge in [0.1, 0.15) is 5.82 Å². The molecular formula is C21H17FN4O. The van der Waals surface area contributed by atoms with Crippen LogP contribution >= 0.6 is 0 Å². The van der Waals surface area contributed by atoms with E-state index in [9.17, 15) is 9.18 Å². The lowest BCUT2D eigenvalue weighted by atomic mass is 10.2. The Labute approximate surface area is 155 Å². The molecule has 4 rings (SSSR count). The second-order valence-corrected chi connectivity index (χ2v) is 6.20. The van der Waals surface area contributed by atoms with Gasteiger partial charge in [-0.25, -0.2) is 13.9 Å². The average molecular weight is 360 g/mol. The summed E-state index contributed by atoms with van der Waals surface area (Å²) in [6.07, 6.45) is 1.71. The predicted molar refractivity (Wildman–Crippen MR) is 104 cm³/mol. The van der Waals surface area contributed by atoms with Crippen molar-refractivity contribution >= 4 is 16.9 Å². The van der Waals surface area contributed by atoms with Crippen molar-refractivity contribution in [1.82, 2.24) is 14.5 Å². The van der Waals surface area contributed by atoms with E-state index >= 15 is 0 Å². The molecule has 0 atom stereocenters. The van der Waals surface area contributed by atoms with E-state index in [-0.39, 0.29) is 10.9 Å². The Hall–Kier alpha value is -3.54. The first-order valence-electron chi connectivity index (χ1n) is 8.55. The number of halogens is 1. The van der Waals surface area contributed by atoms with Gasteiger partial charge in [0.05, 0.1) is 28.8 Å². The summed E-state index contributed by atoms with van der Waals surface area (Å²) in [4.78, 5) is 22.0. The molecule has 0 unspecified atom stereocenters. The summed E-state index contributed by atoms with van der Waals surface area (Å²) in [6, 6.07) is 17.2. The molecular weight excluding hydrogens is 343 g/mol. The van der Waals surface area contributed by atoms with Crippen LogP contribution in [0.15, 0.2) is 71.7 Å². The number of aryl methyl sites for hydroxylation is 1. The molecule has 0 bridgehead atoms. The first kappa shape index (κ1) is 16.9. The lowest BCUT2D eigenvalue weighted by molar-refractivity contribution is 0.629. The largest absolute Gasteiger partial charge is 0.350 e. The summed E-state index contributed by atoms with van der Waals surface area (Å²) in [7, 11) is 0. The number of anilines is 1. The van der Waals surface area contributed by atoms with Crippen molar-refractivity contribution in [3.05, 3.63) is 94.3 Å². The highest BCUT2D eigenvalue weighted by Crippen LogP contribution is 2.20. The van der Waals surface area contributed by atoms with Crippen LogP contribution in [0.5, 0.6) is 0 Å². The summed E-state index contributed by atoms with van der Waals surface area (Å²) in [5.74, 6) is -0.0778. The van der Waals surface area contributed by atoms with Gasteiger partial charge in [0.2, 0.25) is 5.95 Å². The van der Waals surface area contributed by atoms with Crippen LogP contribution < -0.4 is 10.9 Å². The van der Waals surface area contributed by atoms with Crippen molar-refractivity contribution in [2.24, 2.45) is 0 Å². The van der Waals surface area contributed by atoms with E-state index < -0.39 is 5.82 Å². The fourth-order valence-corrected chi connectivity index (χ4v) is 2.99. The van der Waals surface area contributed by atoms with Gasteiger partial charge in [-0.1, -0.05) is 24.3 Å². The van der Waals surface area contributed by atoms with E-state index in [1.165, 1.54) is 22.8 Å². The molecule has 0 saturated heterocycles. The highest BCUT2D eigenvalue weighted by atomic mass is 19.1. The summed E-state index contributed by atoms with van der Waals surface area (Å²) in [5.41, 5.74) is 2.55. The molecule has 27 heavy (non-hydrogen) atoms. The van der Waals surface area contributed by atoms with Gasteiger partial charge in [0.25, 0.3) is 5.56 Å². The molecule has 0 amide bonds. The maximum Gasteiger partial charge on any atom is 0.267 e. The molecule has 0 saturated carbocycles. The number of aromatic nitrogens is 3. The van der Waals surface area contributed by atoms with Crippen LogP contribution in [0.3, 0.4) is 0 Å². The highest BCUT2D eigenvalue weighted by Gasteiger charge is 2.15. The lowest BCUT2D eigenvalue weighted by Gasteiger charge is -2.16. The number of benzene rings is 2. The molecule has 0 spiro atoms. The minimum atomic E-state index is -0.466. The number of para-hydroxylation sites is 1. The zero-order valence-electron chi connectivity index (χ0n) is 14.7. The molecule has 0 aliphatic carbocycles. The zero-order valence-corrected chi connectivity index (χ0v) is 14.7. The quantitative estimate of drug-likeness (QED) is 0.601. The second-order valence-electron chi connectivity index (χ2n) is 6.20. The van der Waals surface area contributed by atoms with Gasteiger partial charge < -0.3 is 5.32 Å². The number of fused-ring (bicyclic) bond motifs is 1. The van der Waals surface area contributed by atoms with Gasteiger partial charge in [0, 0.05) is 6.20 Å². The van der Waals surface area contributed by atoms with Gasteiger partial charge in [-0.05, 0) is 48.9 Å². The Morgan fingerprint density at radius 3 is 2.67 bits per heavy atom. The maximum atomic E-state index is 13.7. The molecule has 2 heterocycles. The van der Waals surface area contributed by atoms with E-state index in [0.717, 1.165) is 11.3 Å². The molecule has 5 nitrogen and oxygen atoms in total. The molecule has 2 aromatic heterocycles. The molecule has 6 heteroatoms. The van der Waals surface area contributed by atoms with Crippen LogP contribution in [0.2, 0.25) is 0 Å². The van der Waals surface area contributed by atoms with Gasteiger partial charge in [-0.3, -0.25) is 9.78 Å². The first-order valence-corrected chi connectivity index (χ1v) is 8.55. The summed E-state index contributed by atoms with van der Waals surface area (Å²) in [6.45, 7) is 2.33. The number of hydrogen-bond acceptors (Lipinski definition) is 4. The van der Waals surface area contributed by atoms with Crippen molar-refractivity contribution in [2.75, 3.05) is 5.32 Å². The van der Waals surface area contributed by atoms with E-state index in [0.29, 0.717) is 23.7 Å². The molecule has 0 radical (unpaired) electrons. The van der Waals surface area contributed by atoms with Crippen LogP contribution in [0, 0.1) is 12.7 Å². The Morgan fingerprint density at radius 2 is 1.89 bits per heavy atom. The zero-order chi connectivity index (χ0) is 18.8. The number of rotatable bonds is 4. The lowest BCUT2D eigenvalue weighted by Crippen LogP contribution is -2.24. The third kappa shape index (κ3) is 3.29. The van der Waals surface area contributed by atoms with Crippen LogP contribution in [0.25, 0.3) is 16.6 Å². The summed E-state index contributed by atoms with van der Waals surface area (Å²) in [5, 5.41) is 3.44. The number of pyridine rings is 1. The molecule has 0 aliphatic heterocycles. The van der Waals surface area contributed by atoms with E-state index in [4.69, 9.17) is 0 Å². The normalized spacial score (nSPS) is 10.9. The summed E-state index contributed by atoms with van der Waals surface area (Å²) < 4.78 is 15.2. The fraction of sp³-hybridized carbons (Fsp3) is 0.0952. The van der Waals surface area contributed by atoms with Gasteiger partial charge in [0.15, 0.2) is 0 Å². The number of hydrogen-bond donors (Lipinski definition) is 1. The van der Waals surface area contributed by atoms with E-state index in [1.54, 1.807) is 6.20 Å². The van der Waals surface area contributed by atoms with Gasteiger partial charge in [-0.15, -0.1) is 0 Å². The third-order valence-electron chi connectivity index (χ3n) is 4.34. The Bertz CT molecular complexity index is 1170. The highest BCUT2D eigenvalue weighted by molar-refractivity contribution is 5.79. The maximum absolute atomic E-state index is 13.7. The predicted octanol–water partition coefficient (Wildman–Crippen LogP) is 3.84. The molecule has 4 aromatic rings. The second kappa shape index (κ2) is 6.99. The first-order chi connectivity index (χ1) is 13.1. The standard InChI is InChI=1S/C21H17FN4O/c1-14-6-2-3-8-19(14)26-20(27)17-12-15(22)9-10-18(17)25-21(26)24-13-16-7-4-5-11-23-16/h2-12H,13H2,1H3,(H,24,25). The molecule has 2 aromatic carbocycles. The summed E-state index contributed by atoms with van der Waals surface area (Å²) >= 11 is 0. The van der Waals surface area contributed by atoms with Crippen LogP contribution in [-0.4, -0.2) is 14.5 Å². The van der Waals surface area contributed by atoms with Crippen molar-refractivity contribution in [3.8, 4) is 5.69 Å². The minimum Gasteiger partial charge on any atom is -0.350 e. The topological polar surface area (TPSA) is 59.8 Å². The molecule has 0 fully saturated rings. The molecule has 0 aliphatic rings. The number of nitrogens with one attached hydrogen (secondary N) is 1. The minimum absolute atomic E-state index is 0.238. The molecule has 134 valence electrons. The monoisotopic (exact) mass is 360 g/mol. The fourth-order valence-electron chi connectivity index (χ4n) is 2.99. The average Bonchev–Trinajstić information content (AvgIpc) is 2.69. The van der Waals surface area contributed by atoms with E-state index in [1.807, 2.05) is 49.4 Å². The van der Waals surface area contributed by atoms with Crippen molar-refractivity contribution in [1.29, 1.82) is 0 Å². The van der Waals surface area contributed by atoms with Crippen molar-refractivity contribution in [2.45, 2.75) is 13.5 Å². The Kier molecular flexibility index (Phi) is 4.38. The van der Waals surface area contributed by atoms with Crippen LogP contribution in [0.1, 0.15) is 11.3 Å². The van der Waals surface area contributed by atoms with Gasteiger partial charge >= 0.3 is 0 Å². The van der Waals surface area contributed by atoms with Crippen LogP contribution in [0.4, 0.5) is 10.3 Å². The van der Waals surface area contributed by atoms with Crippen LogP contribution in [-0.2, 0) is 6.54 Å². The number of nitrogens with zero attached hydrogens (tertiary/aromatic N) is 3. The van der Waals surface area contributed by atoms with E-state index in [2.05, 4.69) is 15.3 Å². The van der Waals surface area contributed by atoms with Crippen molar-refractivity contribution < 1.29 is 4.39 Å². The SMILES string of the molecule is Cc1ccccc1-n1c(NCc2ccccn2)nc2ccc(F)cc2c1=O. The van der Waals surface area contributed by atoms with Crippen molar-refractivity contribution in [3.63, 3.8) is 0 Å². The third-order valence-corrected chi connectivity index (χ3v) is 4.34. The van der Waals surface area contributed by atoms with Gasteiger partial charge in [-0.2, -0.15) is 0 Å². The molecule has 1 N–H and O–H groups in total.